The number of aromatic hydroxyl groups is 2. The Hall–Kier alpha value is -2.04. The minimum Gasteiger partial charge on any atom is -0.507 e. The van der Waals surface area contributed by atoms with E-state index in [1.54, 1.807) is 0 Å². The number of benzene rings is 2. The van der Waals surface area contributed by atoms with Gasteiger partial charge in [-0.1, -0.05) is 83.1 Å². The number of phenols is 2. The van der Waals surface area contributed by atoms with Crippen LogP contribution in [0.2, 0.25) is 0 Å². The number of aliphatic hydroxyl groups is 1. The van der Waals surface area contributed by atoms with Gasteiger partial charge in [0.15, 0.2) is 0 Å². The molecule has 0 fully saturated rings. The van der Waals surface area contributed by atoms with Gasteiger partial charge in [0.1, 0.15) is 31.1 Å². The van der Waals surface area contributed by atoms with Gasteiger partial charge in [-0.2, -0.15) is 0 Å². The minimum absolute atomic E-state index is 0.0992. The molecule has 4 N–H and O–H groups in total. The zero-order valence-electron chi connectivity index (χ0n) is 25.0. The molecule has 0 aromatic heterocycles. The first-order valence-corrected chi connectivity index (χ1v) is 13.3. The van der Waals surface area contributed by atoms with Crippen molar-refractivity contribution in [1.29, 1.82) is 0 Å². The molecule has 0 aliphatic rings. The molecule has 0 saturated heterocycles. The Kier molecular flexibility index (Phi) is 8.70. The maximum atomic E-state index is 11.1. The smallest absolute Gasteiger partial charge is 0.123 e. The average Bonchev–Trinajstić information content (AvgIpc) is 2.67. The molecule has 36 heavy (non-hydrogen) atoms. The van der Waals surface area contributed by atoms with Crippen molar-refractivity contribution in [3.8, 4) is 11.5 Å². The number of phenolic OH excluding ortho intramolecular Hbond substituents is 2. The topological polar surface area (TPSA) is 65.1 Å². The SMILES string of the molecule is CC(C)(C)c1cc(C[NH+](CCO)Cc2cc(C(C)(C)C)c(O)c(C(C)(C)C)c2)cc(C(C)(C)C)c1O. The molecule has 0 heterocycles. The molecule has 0 atom stereocenters. The second kappa shape index (κ2) is 10.4. The van der Waals surface area contributed by atoms with Gasteiger partial charge in [0, 0.05) is 33.4 Å². The lowest BCUT2D eigenvalue weighted by Gasteiger charge is -2.30. The van der Waals surface area contributed by atoms with Crippen LogP contribution in [-0.2, 0) is 34.7 Å². The molecule has 4 nitrogen and oxygen atoms in total. The highest BCUT2D eigenvalue weighted by Gasteiger charge is 2.29. The van der Waals surface area contributed by atoms with E-state index in [2.05, 4.69) is 107 Å². The predicted molar refractivity (Wildman–Crippen MR) is 151 cm³/mol. The molecule has 2 rings (SSSR count). The van der Waals surface area contributed by atoms with E-state index in [9.17, 15) is 15.3 Å². The largest absolute Gasteiger partial charge is 0.507 e. The molecule has 202 valence electrons. The molecule has 4 heteroatoms. The van der Waals surface area contributed by atoms with Crippen LogP contribution in [0.3, 0.4) is 0 Å². The van der Waals surface area contributed by atoms with Gasteiger partial charge in [-0.15, -0.1) is 0 Å². The first kappa shape index (κ1) is 30.2. The van der Waals surface area contributed by atoms with Crippen LogP contribution in [0.1, 0.15) is 116 Å². The van der Waals surface area contributed by atoms with Gasteiger partial charge in [-0.3, -0.25) is 0 Å². The van der Waals surface area contributed by atoms with Crippen LogP contribution in [-0.4, -0.2) is 28.5 Å². The maximum absolute atomic E-state index is 11.1. The molecule has 2 aromatic carbocycles. The van der Waals surface area contributed by atoms with Gasteiger partial charge < -0.3 is 20.2 Å². The van der Waals surface area contributed by atoms with Crippen molar-refractivity contribution in [2.45, 2.75) is 118 Å². The van der Waals surface area contributed by atoms with Gasteiger partial charge in [0.05, 0.1) is 6.61 Å². The number of rotatable bonds is 6. The first-order valence-electron chi connectivity index (χ1n) is 13.3. The summed E-state index contributed by atoms with van der Waals surface area (Å²) in [4.78, 5) is 1.24. The van der Waals surface area contributed by atoms with E-state index in [1.807, 2.05) is 0 Å². The maximum Gasteiger partial charge on any atom is 0.123 e. The molecule has 0 radical (unpaired) electrons. The third-order valence-electron chi connectivity index (χ3n) is 6.95. The number of hydrogen-bond acceptors (Lipinski definition) is 3. The lowest BCUT2D eigenvalue weighted by Crippen LogP contribution is -3.09. The third-order valence-corrected chi connectivity index (χ3v) is 6.95. The second-order valence-electron chi connectivity index (χ2n) is 14.7. The third kappa shape index (κ3) is 7.26. The first-order chi connectivity index (χ1) is 16.2. The van der Waals surface area contributed by atoms with Gasteiger partial charge in [-0.25, -0.2) is 0 Å². The highest BCUT2D eigenvalue weighted by atomic mass is 16.3. The summed E-state index contributed by atoms with van der Waals surface area (Å²) in [6.45, 7) is 27.8. The van der Waals surface area contributed by atoms with Crippen molar-refractivity contribution >= 4 is 0 Å². The van der Waals surface area contributed by atoms with Crippen molar-refractivity contribution in [2.24, 2.45) is 0 Å². The Morgan fingerprint density at radius 2 is 0.778 bits per heavy atom. The predicted octanol–water partition coefficient (Wildman–Crippen LogP) is 5.87. The molecule has 0 aliphatic heterocycles. The fourth-order valence-electron chi connectivity index (χ4n) is 4.85. The Labute approximate surface area is 220 Å². The van der Waals surface area contributed by atoms with Crippen LogP contribution in [0, 0.1) is 0 Å². The van der Waals surface area contributed by atoms with E-state index in [0.717, 1.165) is 46.5 Å². The molecule has 2 aromatic rings. The van der Waals surface area contributed by atoms with Gasteiger partial charge in [0.25, 0.3) is 0 Å². The van der Waals surface area contributed by atoms with Crippen molar-refractivity contribution in [1.82, 2.24) is 0 Å². The van der Waals surface area contributed by atoms with E-state index in [1.165, 1.54) is 4.90 Å². The fourth-order valence-corrected chi connectivity index (χ4v) is 4.85. The van der Waals surface area contributed by atoms with Crippen LogP contribution >= 0.6 is 0 Å². The lowest BCUT2D eigenvalue weighted by atomic mass is 9.78. The Balaban J connectivity index is 2.58. The van der Waals surface area contributed by atoms with Crippen LogP contribution in [0.5, 0.6) is 11.5 Å². The highest BCUT2D eigenvalue weighted by molar-refractivity contribution is 5.51. The van der Waals surface area contributed by atoms with Crippen LogP contribution < -0.4 is 4.90 Å². The summed E-state index contributed by atoms with van der Waals surface area (Å²) < 4.78 is 0. The molecule has 0 saturated carbocycles. The number of aliphatic hydroxyl groups excluding tert-OH is 1. The minimum atomic E-state index is -0.183. The molecule has 0 unspecified atom stereocenters. The van der Waals surface area contributed by atoms with Crippen LogP contribution in [0.4, 0.5) is 0 Å². The van der Waals surface area contributed by atoms with Crippen molar-refractivity contribution < 1.29 is 20.2 Å². The molecular formula is C32H52NO3+. The van der Waals surface area contributed by atoms with Crippen molar-refractivity contribution in [3.05, 3.63) is 57.6 Å². The number of hydrogen-bond donors (Lipinski definition) is 4. The molecular weight excluding hydrogens is 446 g/mol. The Morgan fingerprint density at radius 3 is 0.972 bits per heavy atom. The van der Waals surface area contributed by atoms with Gasteiger partial charge in [-0.05, 0) is 45.9 Å². The van der Waals surface area contributed by atoms with Crippen molar-refractivity contribution in [2.75, 3.05) is 13.2 Å². The summed E-state index contributed by atoms with van der Waals surface area (Å²) in [5.74, 6) is 0.788. The summed E-state index contributed by atoms with van der Waals surface area (Å²) in [5.41, 5.74) is 5.44. The van der Waals surface area contributed by atoms with E-state index >= 15 is 0 Å². The fraction of sp³-hybridized carbons (Fsp3) is 0.625. The average molecular weight is 499 g/mol. The summed E-state index contributed by atoms with van der Waals surface area (Å²) in [5, 5.41) is 32.2. The number of quaternary nitrogens is 1. The molecule has 0 bridgehead atoms. The van der Waals surface area contributed by atoms with E-state index in [0.29, 0.717) is 18.0 Å². The van der Waals surface area contributed by atoms with Crippen LogP contribution in [0.25, 0.3) is 0 Å². The van der Waals surface area contributed by atoms with Gasteiger partial charge >= 0.3 is 0 Å². The normalized spacial score (nSPS) is 13.5. The van der Waals surface area contributed by atoms with Crippen molar-refractivity contribution in [3.63, 3.8) is 0 Å². The Morgan fingerprint density at radius 1 is 0.528 bits per heavy atom. The number of nitrogens with one attached hydrogen (secondary N) is 1. The molecule has 0 aliphatic carbocycles. The summed E-state index contributed by atoms with van der Waals surface area (Å²) >= 11 is 0. The summed E-state index contributed by atoms with van der Waals surface area (Å²) in [7, 11) is 0. The zero-order chi connectivity index (χ0) is 27.9. The standard InChI is InChI=1S/C32H51NO3/c1-29(2,3)23-15-21(16-24(27(23)35)30(4,5)6)19-33(13-14-34)20-22-17-25(31(7,8)9)28(36)26(18-22)32(10,11)12/h15-18,34-36H,13-14,19-20H2,1-12H3/p+1. The monoisotopic (exact) mass is 498 g/mol. The second-order valence-corrected chi connectivity index (χ2v) is 14.7. The van der Waals surface area contributed by atoms with E-state index in [4.69, 9.17) is 0 Å². The van der Waals surface area contributed by atoms with Crippen LogP contribution in [0.15, 0.2) is 24.3 Å². The molecule has 0 amide bonds. The van der Waals surface area contributed by atoms with E-state index < -0.39 is 0 Å². The Bertz CT molecular complexity index is 903. The zero-order valence-corrected chi connectivity index (χ0v) is 25.0. The lowest BCUT2D eigenvalue weighted by molar-refractivity contribution is -0.927. The summed E-state index contributed by atoms with van der Waals surface area (Å²) in [6, 6.07) is 8.56. The van der Waals surface area contributed by atoms with Gasteiger partial charge in [0.2, 0.25) is 0 Å². The summed E-state index contributed by atoms with van der Waals surface area (Å²) in [6.07, 6.45) is 0. The molecule has 0 spiro atoms. The quantitative estimate of drug-likeness (QED) is 0.403. The van der Waals surface area contributed by atoms with E-state index in [-0.39, 0.29) is 28.3 Å². The highest BCUT2D eigenvalue weighted by Crippen LogP contribution is 2.41.